The molecule has 4 rings (SSSR count). The van der Waals surface area contributed by atoms with Crippen LogP contribution in [-0.2, 0) is 0 Å². The fourth-order valence-corrected chi connectivity index (χ4v) is 3.85. The van der Waals surface area contributed by atoms with Gasteiger partial charge in [-0.05, 0) is 18.6 Å². The molecule has 0 radical (unpaired) electrons. The Bertz CT molecular complexity index is 777. The highest BCUT2D eigenvalue weighted by atomic mass is 32.1. The fourth-order valence-electron chi connectivity index (χ4n) is 2.96. The van der Waals surface area contributed by atoms with Crippen molar-refractivity contribution in [1.82, 2.24) is 14.3 Å². The largest absolute Gasteiger partial charge is 0.338 e. The zero-order chi connectivity index (χ0) is 14.2. The van der Waals surface area contributed by atoms with Crippen molar-refractivity contribution >= 4 is 22.1 Å². The van der Waals surface area contributed by atoms with Crippen LogP contribution in [0.25, 0.3) is 4.83 Å². The lowest BCUT2D eigenvalue weighted by atomic mass is 10.1. The average Bonchev–Trinajstić information content (AvgIpc) is 3.23. The summed E-state index contributed by atoms with van der Waals surface area (Å²) in [6.45, 7) is 1.57. The summed E-state index contributed by atoms with van der Waals surface area (Å²) in [5, 5.41) is 2.07. The zero-order valence-corrected chi connectivity index (χ0v) is 12.3. The molecule has 0 saturated carbocycles. The number of aromatic nitrogens is 2. The minimum absolute atomic E-state index is 0.125. The smallest absolute Gasteiger partial charge is 0.253 e. The molecule has 21 heavy (non-hydrogen) atoms. The summed E-state index contributed by atoms with van der Waals surface area (Å²) >= 11 is 1.71. The van der Waals surface area contributed by atoms with Crippen molar-refractivity contribution in [3.63, 3.8) is 0 Å². The van der Waals surface area contributed by atoms with E-state index in [0.717, 1.165) is 30.8 Å². The molecule has 1 aliphatic rings. The Morgan fingerprint density at radius 2 is 2.14 bits per heavy atom. The number of nitrogens with zero attached hydrogens (tertiary/aromatic N) is 3. The first-order valence-electron chi connectivity index (χ1n) is 7.07. The number of thiazole rings is 1. The number of hydrogen-bond acceptors (Lipinski definition) is 3. The molecule has 1 aliphatic heterocycles. The molecular weight excluding hydrogens is 282 g/mol. The van der Waals surface area contributed by atoms with Gasteiger partial charge in [-0.15, -0.1) is 11.3 Å². The molecule has 3 aromatic rings. The van der Waals surface area contributed by atoms with Gasteiger partial charge in [0.25, 0.3) is 5.91 Å². The molecule has 4 nitrogen and oxygen atoms in total. The third-order valence-electron chi connectivity index (χ3n) is 4.06. The summed E-state index contributed by atoms with van der Waals surface area (Å²) < 4.78 is 2.06. The second-order valence-electron chi connectivity index (χ2n) is 5.35. The van der Waals surface area contributed by atoms with E-state index in [-0.39, 0.29) is 5.91 Å². The molecule has 5 heteroatoms. The average molecular weight is 297 g/mol. The topological polar surface area (TPSA) is 37.6 Å². The minimum atomic E-state index is 0.125. The number of hydrogen-bond donors (Lipinski definition) is 0. The highest BCUT2D eigenvalue weighted by molar-refractivity contribution is 7.15. The van der Waals surface area contributed by atoms with Crippen LogP contribution in [0.2, 0.25) is 0 Å². The van der Waals surface area contributed by atoms with Gasteiger partial charge in [0, 0.05) is 36.1 Å². The summed E-state index contributed by atoms with van der Waals surface area (Å²) in [6, 6.07) is 9.51. The van der Waals surface area contributed by atoms with Crippen LogP contribution >= 0.6 is 11.3 Å². The van der Waals surface area contributed by atoms with Crippen LogP contribution in [0.15, 0.2) is 48.2 Å². The highest BCUT2D eigenvalue weighted by Crippen LogP contribution is 2.31. The van der Waals surface area contributed by atoms with E-state index >= 15 is 0 Å². The quantitative estimate of drug-likeness (QED) is 0.729. The molecule has 0 N–H and O–H groups in total. The standard InChI is InChI=1S/C16H15N3OS/c20-15(12-4-2-1-3-5-12)18-7-6-13(10-18)14-16-19(11-17-14)8-9-21-16/h1-5,8-9,11,13H,6-7,10H2/t13-/m0/s1. The molecular formula is C16H15N3OS. The van der Waals surface area contributed by atoms with Crippen molar-refractivity contribution in [3.05, 3.63) is 59.5 Å². The summed E-state index contributed by atoms with van der Waals surface area (Å²) in [4.78, 5) is 20.2. The van der Waals surface area contributed by atoms with E-state index in [1.54, 1.807) is 11.3 Å². The summed E-state index contributed by atoms with van der Waals surface area (Å²) in [5.41, 5.74) is 1.90. The molecule has 1 atom stereocenters. The van der Waals surface area contributed by atoms with Crippen LogP contribution in [0.4, 0.5) is 0 Å². The third-order valence-corrected chi connectivity index (χ3v) is 4.96. The Morgan fingerprint density at radius 1 is 1.29 bits per heavy atom. The van der Waals surface area contributed by atoms with Gasteiger partial charge in [-0.2, -0.15) is 0 Å². The molecule has 1 saturated heterocycles. The number of benzene rings is 1. The highest BCUT2D eigenvalue weighted by Gasteiger charge is 2.30. The molecule has 1 aromatic carbocycles. The molecule has 3 heterocycles. The van der Waals surface area contributed by atoms with E-state index in [0.29, 0.717) is 5.92 Å². The number of likely N-dealkylation sites (tertiary alicyclic amines) is 1. The van der Waals surface area contributed by atoms with Crippen LogP contribution in [-0.4, -0.2) is 33.3 Å². The lowest BCUT2D eigenvalue weighted by molar-refractivity contribution is 0.0790. The maximum atomic E-state index is 12.5. The van der Waals surface area contributed by atoms with Crippen LogP contribution in [0.1, 0.15) is 28.4 Å². The van der Waals surface area contributed by atoms with Gasteiger partial charge in [0.1, 0.15) is 11.2 Å². The van der Waals surface area contributed by atoms with Crippen molar-refractivity contribution < 1.29 is 4.79 Å². The van der Waals surface area contributed by atoms with E-state index in [1.165, 1.54) is 4.83 Å². The van der Waals surface area contributed by atoms with Gasteiger partial charge in [-0.1, -0.05) is 18.2 Å². The number of carbonyl (C=O) groups excluding carboxylic acids is 1. The van der Waals surface area contributed by atoms with Gasteiger partial charge in [0.2, 0.25) is 0 Å². The monoisotopic (exact) mass is 297 g/mol. The van der Waals surface area contributed by atoms with Gasteiger partial charge >= 0.3 is 0 Å². The predicted molar refractivity (Wildman–Crippen MR) is 82.8 cm³/mol. The predicted octanol–water partition coefficient (Wildman–Crippen LogP) is 3.03. The van der Waals surface area contributed by atoms with E-state index in [1.807, 2.05) is 47.8 Å². The molecule has 0 bridgehead atoms. The molecule has 1 fully saturated rings. The van der Waals surface area contributed by atoms with Crippen LogP contribution in [0.5, 0.6) is 0 Å². The molecule has 0 unspecified atom stereocenters. The third kappa shape index (κ3) is 2.14. The van der Waals surface area contributed by atoms with Gasteiger partial charge < -0.3 is 4.90 Å². The van der Waals surface area contributed by atoms with Crippen molar-refractivity contribution in [2.75, 3.05) is 13.1 Å². The number of fused-ring (bicyclic) bond motifs is 1. The first-order valence-corrected chi connectivity index (χ1v) is 7.95. The van der Waals surface area contributed by atoms with E-state index in [9.17, 15) is 4.79 Å². The number of rotatable bonds is 2. The van der Waals surface area contributed by atoms with E-state index in [2.05, 4.69) is 14.8 Å². The van der Waals surface area contributed by atoms with Gasteiger partial charge in [-0.3, -0.25) is 9.20 Å². The van der Waals surface area contributed by atoms with Crippen molar-refractivity contribution in [1.29, 1.82) is 0 Å². The van der Waals surface area contributed by atoms with E-state index < -0.39 is 0 Å². The number of carbonyl (C=O) groups is 1. The van der Waals surface area contributed by atoms with Crippen LogP contribution < -0.4 is 0 Å². The van der Waals surface area contributed by atoms with Crippen molar-refractivity contribution in [2.24, 2.45) is 0 Å². The Hall–Kier alpha value is -2.14. The normalized spacial score (nSPS) is 18.5. The van der Waals surface area contributed by atoms with Gasteiger partial charge in [0.05, 0.1) is 5.69 Å². The lowest BCUT2D eigenvalue weighted by Crippen LogP contribution is -2.28. The zero-order valence-electron chi connectivity index (χ0n) is 11.5. The molecule has 0 spiro atoms. The fraction of sp³-hybridized carbons (Fsp3) is 0.250. The van der Waals surface area contributed by atoms with Crippen molar-refractivity contribution in [2.45, 2.75) is 12.3 Å². The summed E-state index contributed by atoms with van der Waals surface area (Å²) in [6.07, 6.45) is 4.88. The van der Waals surface area contributed by atoms with Crippen LogP contribution in [0, 0.1) is 0 Å². The van der Waals surface area contributed by atoms with Crippen molar-refractivity contribution in [3.8, 4) is 0 Å². The van der Waals surface area contributed by atoms with Crippen LogP contribution in [0.3, 0.4) is 0 Å². The SMILES string of the molecule is O=C(c1ccccc1)N1CC[C@H](c2ncn3ccsc23)C1. The Kier molecular flexibility index (Phi) is 3.00. The van der Waals surface area contributed by atoms with Gasteiger partial charge in [-0.25, -0.2) is 4.98 Å². The Morgan fingerprint density at radius 3 is 3.00 bits per heavy atom. The summed E-state index contributed by atoms with van der Waals surface area (Å²) in [7, 11) is 0. The Balaban J connectivity index is 1.55. The van der Waals surface area contributed by atoms with E-state index in [4.69, 9.17) is 0 Å². The molecule has 1 amide bonds. The second-order valence-corrected chi connectivity index (χ2v) is 6.24. The maximum absolute atomic E-state index is 12.5. The first-order chi connectivity index (χ1) is 10.3. The lowest BCUT2D eigenvalue weighted by Gasteiger charge is -2.16. The molecule has 0 aliphatic carbocycles. The minimum Gasteiger partial charge on any atom is -0.338 e. The first kappa shape index (κ1) is 12.6. The summed E-state index contributed by atoms with van der Waals surface area (Å²) in [5.74, 6) is 0.473. The number of imidazole rings is 1. The molecule has 106 valence electrons. The molecule has 2 aromatic heterocycles. The Labute approximate surface area is 126 Å². The van der Waals surface area contributed by atoms with Gasteiger partial charge in [0.15, 0.2) is 0 Å². The second kappa shape index (κ2) is 5.00. The maximum Gasteiger partial charge on any atom is 0.253 e. The number of amides is 1.